The molecule has 1 heterocycles. The third kappa shape index (κ3) is 5.16. The number of halogens is 2. The Morgan fingerprint density at radius 1 is 1.27 bits per heavy atom. The summed E-state index contributed by atoms with van der Waals surface area (Å²) in [6.45, 7) is 6.21. The van der Waals surface area contributed by atoms with Crippen LogP contribution in [0.4, 0.5) is 5.69 Å². The highest BCUT2D eigenvalue weighted by molar-refractivity contribution is 7.99. The summed E-state index contributed by atoms with van der Waals surface area (Å²) < 4.78 is 7.16. The Bertz CT molecular complexity index is 1080. The second-order valence-electron chi connectivity index (χ2n) is 6.37. The van der Waals surface area contributed by atoms with Gasteiger partial charge in [0.05, 0.1) is 23.6 Å². The first-order chi connectivity index (χ1) is 14.4. The Kier molecular flexibility index (Phi) is 7.42. The summed E-state index contributed by atoms with van der Waals surface area (Å²) in [5.74, 6) is 1.16. The van der Waals surface area contributed by atoms with E-state index in [1.165, 1.54) is 11.8 Å². The third-order valence-corrected chi connectivity index (χ3v) is 5.68. The smallest absolute Gasteiger partial charge is 0.234 e. The molecule has 0 fully saturated rings. The molecule has 30 heavy (non-hydrogen) atoms. The zero-order valence-electron chi connectivity index (χ0n) is 16.5. The summed E-state index contributed by atoms with van der Waals surface area (Å²) in [6.07, 6.45) is 1.73. The number of carbonyl (C=O) groups excluding carboxylic acids is 1. The minimum Gasteiger partial charge on any atom is -0.495 e. The number of amides is 1. The summed E-state index contributed by atoms with van der Waals surface area (Å²) in [5, 5.41) is 13.0. The van der Waals surface area contributed by atoms with Gasteiger partial charge in [-0.05, 0) is 42.8 Å². The average molecular weight is 463 g/mol. The van der Waals surface area contributed by atoms with Gasteiger partial charge in [0.25, 0.3) is 0 Å². The van der Waals surface area contributed by atoms with Gasteiger partial charge < -0.3 is 10.1 Å². The molecule has 0 aliphatic carbocycles. The lowest BCUT2D eigenvalue weighted by molar-refractivity contribution is -0.113. The molecule has 1 amide bonds. The molecule has 0 aliphatic heterocycles. The number of aromatic nitrogens is 3. The largest absolute Gasteiger partial charge is 0.495 e. The number of aryl methyl sites for hydroxylation is 1. The summed E-state index contributed by atoms with van der Waals surface area (Å²) in [5.41, 5.74) is 2.36. The topological polar surface area (TPSA) is 69.0 Å². The number of hydrogen-bond acceptors (Lipinski definition) is 5. The van der Waals surface area contributed by atoms with Gasteiger partial charge >= 0.3 is 0 Å². The van der Waals surface area contributed by atoms with Crippen LogP contribution in [0.1, 0.15) is 5.56 Å². The first-order valence-electron chi connectivity index (χ1n) is 8.99. The molecule has 0 saturated carbocycles. The Balaban J connectivity index is 1.77. The second kappa shape index (κ2) is 10.0. The molecule has 6 nitrogen and oxygen atoms in total. The van der Waals surface area contributed by atoms with E-state index in [0.29, 0.717) is 44.6 Å². The van der Waals surface area contributed by atoms with Gasteiger partial charge in [-0.2, -0.15) is 0 Å². The quantitative estimate of drug-likeness (QED) is 0.354. The van der Waals surface area contributed by atoms with Crippen LogP contribution in [-0.2, 0) is 11.3 Å². The molecule has 2 aromatic carbocycles. The van der Waals surface area contributed by atoms with E-state index in [1.54, 1.807) is 31.4 Å². The predicted octanol–water partition coefficient (Wildman–Crippen LogP) is 5.49. The lowest BCUT2D eigenvalue weighted by Crippen LogP contribution is -2.15. The van der Waals surface area contributed by atoms with Crippen molar-refractivity contribution in [2.45, 2.75) is 18.6 Å². The van der Waals surface area contributed by atoms with Crippen molar-refractivity contribution in [2.24, 2.45) is 0 Å². The number of thioether (sulfide) groups is 1. The fourth-order valence-corrected chi connectivity index (χ4v) is 4.04. The Hall–Kier alpha value is -2.48. The number of anilines is 1. The number of allylic oxidation sites excluding steroid dienone is 1. The molecule has 0 atom stereocenters. The highest BCUT2D eigenvalue weighted by atomic mass is 35.5. The molecule has 0 unspecified atom stereocenters. The summed E-state index contributed by atoms with van der Waals surface area (Å²) in [4.78, 5) is 12.5. The van der Waals surface area contributed by atoms with Crippen molar-refractivity contribution < 1.29 is 9.53 Å². The van der Waals surface area contributed by atoms with Crippen molar-refractivity contribution in [3.8, 4) is 17.1 Å². The molecule has 1 N–H and O–H groups in total. The number of rotatable bonds is 8. The maximum absolute atomic E-state index is 12.5. The van der Waals surface area contributed by atoms with Crippen molar-refractivity contribution in [1.29, 1.82) is 0 Å². The molecule has 9 heteroatoms. The van der Waals surface area contributed by atoms with Gasteiger partial charge in [0.15, 0.2) is 11.0 Å². The molecule has 3 aromatic rings. The predicted molar refractivity (Wildman–Crippen MR) is 123 cm³/mol. The average Bonchev–Trinajstić information content (AvgIpc) is 3.09. The minimum absolute atomic E-state index is 0.153. The first-order valence-corrected chi connectivity index (χ1v) is 10.7. The van der Waals surface area contributed by atoms with Crippen LogP contribution in [0, 0.1) is 6.92 Å². The van der Waals surface area contributed by atoms with Gasteiger partial charge in [-0.1, -0.05) is 47.1 Å². The van der Waals surface area contributed by atoms with Crippen LogP contribution in [0.2, 0.25) is 10.0 Å². The van der Waals surface area contributed by atoms with E-state index in [2.05, 4.69) is 22.1 Å². The minimum atomic E-state index is -0.178. The van der Waals surface area contributed by atoms with Crippen molar-refractivity contribution in [1.82, 2.24) is 14.8 Å². The lowest BCUT2D eigenvalue weighted by Gasteiger charge is -2.11. The number of nitrogens with one attached hydrogen (secondary N) is 1. The number of benzene rings is 2. The zero-order valence-corrected chi connectivity index (χ0v) is 18.8. The van der Waals surface area contributed by atoms with E-state index >= 15 is 0 Å². The monoisotopic (exact) mass is 462 g/mol. The van der Waals surface area contributed by atoms with E-state index in [0.717, 1.165) is 5.56 Å². The normalized spacial score (nSPS) is 10.7. The molecule has 0 spiro atoms. The van der Waals surface area contributed by atoms with Crippen LogP contribution in [0.25, 0.3) is 11.4 Å². The molecule has 0 saturated heterocycles. The molecule has 0 aliphatic rings. The van der Waals surface area contributed by atoms with E-state index in [4.69, 9.17) is 27.9 Å². The van der Waals surface area contributed by atoms with E-state index in [9.17, 15) is 4.79 Å². The summed E-state index contributed by atoms with van der Waals surface area (Å²) in [7, 11) is 1.57. The molecule has 0 radical (unpaired) electrons. The standard InChI is InChI=1S/C21H20Cl2N4O2S/c1-4-9-27-20(15-7-6-14(22)11-16(15)23)25-26-21(27)30-12-19(28)24-17-10-13(2)5-8-18(17)29-3/h4-8,10-11H,1,9,12H2,2-3H3,(H,24,28). The summed E-state index contributed by atoms with van der Waals surface area (Å²) >= 11 is 13.6. The highest BCUT2D eigenvalue weighted by Crippen LogP contribution is 2.32. The number of hydrogen-bond donors (Lipinski definition) is 1. The fraction of sp³-hybridized carbons (Fsp3) is 0.190. The summed E-state index contributed by atoms with van der Waals surface area (Å²) in [6, 6.07) is 10.8. The maximum Gasteiger partial charge on any atom is 0.234 e. The van der Waals surface area contributed by atoms with Crippen molar-refractivity contribution in [3.63, 3.8) is 0 Å². The number of carbonyl (C=O) groups is 1. The van der Waals surface area contributed by atoms with Crippen molar-refractivity contribution in [2.75, 3.05) is 18.2 Å². The van der Waals surface area contributed by atoms with Gasteiger partial charge in [-0.25, -0.2) is 0 Å². The van der Waals surface area contributed by atoms with Crippen LogP contribution in [0.5, 0.6) is 5.75 Å². The molecule has 1 aromatic heterocycles. The SMILES string of the molecule is C=CCn1c(SCC(=O)Nc2cc(C)ccc2OC)nnc1-c1ccc(Cl)cc1Cl. The van der Waals surface area contributed by atoms with Crippen LogP contribution in [-0.4, -0.2) is 33.5 Å². The molecule has 156 valence electrons. The van der Waals surface area contributed by atoms with Crippen LogP contribution in [0.3, 0.4) is 0 Å². The van der Waals surface area contributed by atoms with Crippen LogP contribution >= 0.6 is 35.0 Å². The van der Waals surface area contributed by atoms with Gasteiger partial charge in [0.1, 0.15) is 5.75 Å². The number of methoxy groups -OCH3 is 1. The third-order valence-electron chi connectivity index (χ3n) is 4.16. The van der Waals surface area contributed by atoms with Gasteiger partial charge in [0, 0.05) is 17.1 Å². The Labute approximate surface area is 189 Å². The van der Waals surface area contributed by atoms with E-state index in [1.807, 2.05) is 29.7 Å². The molecule has 0 bridgehead atoms. The van der Waals surface area contributed by atoms with Gasteiger partial charge in [0.2, 0.25) is 5.91 Å². The highest BCUT2D eigenvalue weighted by Gasteiger charge is 2.17. The van der Waals surface area contributed by atoms with E-state index < -0.39 is 0 Å². The van der Waals surface area contributed by atoms with Gasteiger partial charge in [-0.3, -0.25) is 9.36 Å². The van der Waals surface area contributed by atoms with E-state index in [-0.39, 0.29) is 11.7 Å². The number of ether oxygens (including phenoxy) is 1. The van der Waals surface area contributed by atoms with Crippen LogP contribution < -0.4 is 10.1 Å². The lowest BCUT2D eigenvalue weighted by atomic mass is 10.2. The second-order valence-corrected chi connectivity index (χ2v) is 8.16. The van der Waals surface area contributed by atoms with Gasteiger partial charge in [-0.15, -0.1) is 16.8 Å². The Morgan fingerprint density at radius 3 is 2.77 bits per heavy atom. The van der Waals surface area contributed by atoms with Crippen molar-refractivity contribution >= 4 is 46.6 Å². The zero-order chi connectivity index (χ0) is 21.7. The maximum atomic E-state index is 12.5. The number of nitrogens with zero attached hydrogens (tertiary/aromatic N) is 3. The fourth-order valence-electron chi connectivity index (χ4n) is 2.80. The first kappa shape index (κ1) is 22.2. The van der Waals surface area contributed by atoms with Crippen LogP contribution in [0.15, 0.2) is 54.2 Å². The molecule has 3 rings (SSSR count). The van der Waals surface area contributed by atoms with Crippen molar-refractivity contribution in [3.05, 3.63) is 64.7 Å². The molecular formula is C21H20Cl2N4O2S. The Morgan fingerprint density at radius 2 is 2.07 bits per heavy atom. The molecular weight excluding hydrogens is 443 g/mol.